The molecule has 5 heteroatoms. The highest BCUT2D eigenvalue weighted by Gasteiger charge is 2.15. The van der Waals surface area contributed by atoms with Crippen molar-refractivity contribution in [1.82, 2.24) is 20.3 Å². The molecule has 0 aliphatic carbocycles. The van der Waals surface area contributed by atoms with Crippen LogP contribution in [0, 0.1) is 0 Å². The van der Waals surface area contributed by atoms with Crippen molar-refractivity contribution in [2.75, 3.05) is 6.54 Å². The molecular weight excluding hydrogens is 268 g/mol. The van der Waals surface area contributed by atoms with Gasteiger partial charge in [-0.25, -0.2) is 9.97 Å². The van der Waals surface area contributed by atoms with Crippen LogP contribution in [0.3, 0.4) is 0 Å². The van der Waals surface area contributed by atoms with Gasteiger partial charge in [0.05, 0.1) is 16.3 Å². The maximum Gasteiger partial charge on any atom is 0.115 e. The van der Waals surface area contributed by atoms with Gasteiger partial charge in [-0.3, -0.25) is 4.98 Å². The maximum absolute atomic E-state index is 4.53. The Kier molecular flexibility index (Phi) is 3.99. The van der Waals surface area contributed by atoms with E-state index in [1.54, 1.807) is 17.7 Å². The zero-order valence-electron chi connectivity index (χ0n) is 11.3. The number of hydrogen-bond donors (Lipinski definition) is 1. The summed E-state index contributed by atoms with van der Waals surface area (Å²) in [6, 6.07) is 4.34. The molecule has 0 aliphatic heterocycles. The molecule has 20 heavy (non-hydrogen) atoms. The molecule has 0 spiro atoms. The first-order chi connectivity index (χ1) is 9.88. The van der Waals surface area contributed by atoms with E-state index >= 15 is 0 Å². The lowest BCUT2D eigenvalue weighted by atomic mass is 10.0. The number of fused-ring (bicyclic) bond motifs is 1. The number of hydrogen-bond acceptors (Lipinski definition) is 5. The van der Waals surface area contributed by atoms with Crippen molar-refractivity contribution in [3.05, 3.63) is 53.6 Å². The van der Waals surface area contributed by atoms with Gasteiger partial charge in [0.2, 0.25) is 0 Å². The minimum absolute atomic E-state index is 0.0927. The van der Waals surface area contributed by atoms with Crippen LogP contribution in [0.1, 0.15) is 30.5 Å². The van der Waals surface area contributed by atoms with Crippen LogP contribution in [0.4, 0.5) is 0 Å². The number of nitrogens with zero attached hydrogens (tertiary/aromatic N) is 3. The molecule has 4 nitrogen and oxygen atoms in total. The Morgan fingerprint density at radius 1 is 1.20 bits per heavy atom. The smallest absolute Gasteiger partial charge is 0.115 e. The Bertz CT molecular complexity index is 680. The molecule has 0 saturated carbocycles. The predicted octanol–water partition coefficient (Wildman–Crippen LogP) is 3.18. The second kappa shape index (κ2) is 6.07. The van der Waals surface area contributed by atoms with Crippen molar-refractivity contribution in [3.63, 3.8) is 0 Å². The van der Waals surface area contributed by atoms with E-state index < -0.39 is 0 Å². The van der Waals surface area contributed by atoms with Gasteiger partial charge < -0.3 is 5.32 Å². The van der Waals surface area contributed by atoms with Gasteiger partial charge in [-0.05, 0) is 36.0 Å². The van der Waals surface area contributed by atoms with E-state index in [2.05, 4.69) is 38.6 Å². The Morgan fingerprint density at radius 3 is 2.85 bits per heavy atom. The van der Waals surface area contributed by atoms with E-state index in [0.717, 1.165) is 29.6 Å². The fraction of sp³-hybridized carbons (Fsp3) is 0.267. The molecule has 3 aromatic rings. The Labute approximate surface area is 121 Å². The Hall–Kier alpha value is -1.85. The molecule has 0 aromatic carbocycles. The van der Waals surface area contributed by atoms with Gasteiger partial charge in [0, 0.05) is 24.2 Å². The molecule has 3 heterocycles. The van der Waals surface area contributed by atoms with Gasteiger partial charge in [-0.2, -0.15) is 0 Å². The molecule has 0 aliphatic rings. The molecule has 0 saturated heterocycles. The molecule has 1 unspecified atom stereocenters. The molecular formula is C15H16N4S. The summed E-state index contributed by atoms with van der Waals surface area (Å²) in [5, 5.41) is 5.61. The lowest BCUT2D eigenvalue weighted by Crippen LogP contribution is -2.23. The van der Waals surface area contributed by atoms with Crippen LogP contribution >= 0.6 is 11.3 Å². The summed E-state index contributed by atoms with van der Waals surface area (Å²) in [5.74, 6) is 0. The number of pyridine rings is 1. The standard InChI is InChI=1S/C15H16N4S/c1-2-4-18-15(12-7-16-10-17-8-12)11-6-14-13(19-9-11)3-5-20-14/h3,5-10,15,18H,2,4H2,1H3. The number of aromatic nitrogens is 3. The van der Waals surface area contributed by atoms with Crippen LogP contribution in [0.15, 0.2) is 42.4 Å². The maximum atomic E-state index is 4.53. The van der Waals surface area contributed by atoms with Gasteiger partial charge in [0.15, 0.2) is 0 Å². The van der Waals surface area contributed by atoms with Crippen molar-refractivity contribution in [2.24, 2.45) is 0 Å². The van der Waals surface area contributed by atoms with Gasteiger partial charge in [0.1, 0.15) is 6.33 Å². The first-order valence-corrected chi connectivity index (χ1v) is 7.58. The first-order valence-electron chi connectivity index (χ1n) is 6.70. The number of rotatable bonds is 5. The summed E-state index contributed by atoms with van der Waals surface area (Å²) >= 11 is 1.72. The zero-order valence-corrected chi connectivity index (χ0v) is 12.1. The molecule has 0 amide bonds. The van der Waals surface area contributed by atoms with Crippen LogP contribution in [-0.2, 0) is 0 Å². The van der Waals surface area contributed by atoms with Crippen LogP contribution in [0.2, 0.25) is 0 Å². The van der Waals surface area contributed by atoms with E-state index in [0.29, 0.717) is 0 Å². The quantitative estimate of drug-likeness (QED) is 0.782. The van der Waals surface area contributed by atoms with E-state index in [1.165, 1.54) is 4.70 Å². The van der Waals surface area contributed by atoms with Crippen molar-refractivity contribution in [3.8, 4) is 0 Å². The first kappa shape index (κ1) is 13.1. The lowest BCUT2D eigenvalue weighted by Gasteiger charge is -2.18. The Morgan fingerprint density at radius 2 is 2.05 bits per heavy atom. The highest BCUT2D eigenvalue weighted by Crippen LogP contribution is 2.26. The second-order valence-corrected chi connectivity index (χ2v) is 5.58. The SMILES string of the molecule is CCCNC(c1cncnc1)c1cnc2ccsc2c1. The zero-order chi connectivity index (χ0) is 13.8. The molecule has 3 aromatic heterocycles. The Balaban J connectivity index is 1.99. The number of thiophene rings is 1. The fourth-order valence-electron chi connectivity index (χ4n) is 2.20. The number of nitrogens with one attached hydrogen (secondary N) is 1. The molecule has 0 radical (unpaired) electrons. The second-order valence-electron chi connectivity index (χ2n) is 4.63. The van der Waals surface area contributed by atoms with Crippen molar-refractivity contribution in [2.45, 2.75) is 19.4 Å². The summed E-state index contributed by atoms with van der Waals surface area (Å²) < 4.78 is 1.21. The minimum atomic E-state index is 0.0927. The average Bonchev–Trinajstić information content (AvgIpc) is 2.96. The summed E-state index contributed by atoms with van der Waals surface area (Å²) in [6.45, 7) is 3.11. The molecule has 0 bridgehead atoms. The van der Waals surface area contributed by atoms with E-state index in [9.17, 15) is 0 Å². The molecule has 3 rings (SSSR count). The summed E-state index contributed by atoms with van der Waals surface area (Å²) in [6.07, 6.45) is 8.30. The monoisotopic (exact) mass is 284 g/mol. The average molecular weight is 284 g/mol. The third-order valence-corrected chi connectivity index (χ3v) is 4.02. The van der Waals surface area contributed by atoms with Gasteiger partial charge in [-0.15, -0.1) is 11.3 Å². The lowest BCUT2D eigenvalue weighted by molar-refractivity contribution is 0.594. The largest absolute Gasteiger partial charge is 0.306 e. The molecule has 102 valence electrons. The topological polar surface area (TPSA) is 50.7 Å². The highest BCUT2D eigenvalue weighted by atomic mass is 32.1. The molecule has 1 N–H and O–H groups in total. The van der Waals surface area contributed by atoms with Crippen molar-refractivity contribution in [1.29, 1.82) is 0 Å². The molecule has 0 fully saturated rings. The summed E-state index contributed by atoms with van der Waals surface area (Å²) in [7, 11) is 0. The normalized spacial score (nSPS) is 12.7. The van der Waals surface area contributed by atoms with Crippen molar-refractivity contribution < 1.29 is 0 Å². The van der Waals surface area contributed by atoms with E-state index in [1.807, 2.05) is 24.7 Å². The summed E-state index contributed by atoms with van der Waals surface area (Å²) in [5.41, 5.74) is 3.28. The highest BCUT2D eigenvalue weighted by molar-refractivity contribution is 7.17. The van der Waals surface area contributed by atoms with Gasteiger partial charge in [0.25, 0.3) is 0 Å². The van der Waals surface area contributed by atoms with Crippen LogP contribution in [0.25, 0.3) is 10.2 Å². The predicted molar refractivity (Wildman–Crippen MR) is 81.8 cm³/mol. The van der Waals surface area contributed by atoms with Gasteiger partial charge in [-0.1, -0.05) is 6.92 Å². The van der Waals surface area contributed by atoms with Crippen LogP contribution < -0.4 is 5.32 Å². The van der Waals surface area contributed by atoms with E-state index in [4.69, 9.17) is 0 Å². The fourth-order valence-corrected chi connectivity index (χ4v) is 2.99. The van der Waals surface area contributed by atoms with E-state index in [-0.39, 0.29) is 6.04 Å². The third-order valence-electron chi connectivity index (χ3n) is 3.17. The minimum Gasteiger partial charge on any atom is -0.306 e. The van der Waals surface area contributed by atoms with Crippen LogP contribution in [0.5, 0.6) is 0 Å². The van der Waals surface area contributed by atoms with Gasteiger partial charge >= 0.3 is 0 Å². The summed E-state index contributed by atoms with van der Waals surface area (Å²) in [4.78, 5) is 12.8. The molecule has 1 atom stereocenters. The van der Waals surface area contributed by atoms with Crippen LogP contribution in [-0.4, -0.2) is 21.5 Å². The third kappa shape index (κ3) is 2.69. The van der Waals surface area contributed by atoms with Crippen molar-refractivity contribution >= 4 is 21.6 Å².